The van der Waals surface area contributed by atoms with Crippen molar-refractivity contribution in [2.24, 2.45) is 0 Å². The van der Waals surface area contributed by atoms with Crippen LogP contribution in [0.1, 0.15) is 0 Å². The van der Waals surface area contributed by atoms with Gasteiger partial charge in [-0.25, -0.2) is 4.79 Å². The van der Waals surface area contributed by atoms with Gasteiger partial charge >= 0.3 is 5.97 Å². The molecule has 0 aromatic heterocycles. The van der Waals surface area contributed by atoms with Crippen LogP contribution >= 0.6 is 0 Å². The molecule has 0 rings (SSSR count). The molecule has 4 nitrogen and oxygen atoms in total. The first kappa shape index (κ1) is 8.13. The van der Waals surface area contributed by atoms with Gasteiger partial charge in [0.25, 0.3) is 0 Å². The van der Waals surface area contributed by atoms with Crippen LogP contribution in [0, 0.1) is 0 Å². The van der Waals surface area contributed by atoms with E-state index in [0.29, 0.717) is 0 Å². The third kappa shape index (κ3) is 4.99. The molecule has 0 fully saturated rings. The summed E-state index contributed by atoms with van der Waals surface area (Å²) in [6, 6.07) is 0. The number of hydrogen-bond donors (Lipinski definition) is 2. The van der Waals surface area contributed by atoms with Crippen molar-refractivity contribution in [3.05, 3.63) is 12.7 Å². The maximum atomic E-state index is 10.2. The Hall–Kier alpha value is -0.870. The van der Waals surface area contributed by atoms with Gasteiger partial charge in [-0.3, -0.25) is 0 Å². The first-order valence-electron chi connectivity index (χ1n) is 2.32. The fourth-order valence-corrected chi connectivity index (χ4v) is 0.216. The van der Waals surface area contributed by atoms with E-state index >= 15 is 0 Å². The molecule has 0 saturated heterocycles. The van der Waals surface area contributed by atoms with E-state index in [0.717, 1.165) is 6.08 Å². The summed E-state index contributed by atoms with van der Waals surface area (Å²) in [6.45, 7) is 2.69. The topological polar surface area (TPSA) is 66.8 Å². The number of hydrogen-bond acceptors (Lipinski definition) is 4. The first-order valence-corrected chi connectivity index (χ1v) is 2.32. The van der Waals surface area contributed by atoms with E-state index in [1.807, 2.05) is 0 Å². The maximum absolute atomic E-state index is 10.2. The fraction of sp³-hybridized carbons (Fsp3) is 0.400. The van der Waals surface area contributed by atoms with Crippen LogP contribution in [0.15, 0.2) is 12.7 Å². The molecule has 2 N–H and O–H groups in total. The summed E-state index contributed by atoms with van der Waals surface area (Å²) in [7, 11) is 0. The van der Waals surface area contributed by atoms with E-state index in [1.165, 1.54) is 0 Å². The number of rotatable bonds is 3. The molecule has 52 valence electrons. The van der Waals surface area contributed by atoms with Crippen molar-refractivity contribution in [3.8, 4) is 0 Å². The van der Waals surface area contributed by atoms with Gasteiger partial charge < -0.3 is 14.9 Å². The maximum Gasteiger partial charge on any atom is 0.330 e. The van der Waals surface area contributed by atoms with Crippen molar-refractivity contribution in [2.45, 2.75) is 6.29 Å². The lowest BCUT2D eigenvalue weighted by Crippen LogP contribution is -2.16. The Morgan fingerprint density at radius 2 is 2.33 bits per heavy atom. The van der Waals surface area contributed by atoms with Gasteiger partial charge in [-0.1, -0.05) is 6.58 Å². The number of aliphatic hydroxyl groups is 2. The van der Waals surface area contributed by atoms with Crippen molar-refractivity contribution < 1.29 is 19.7 Å². The van der Waals surface area contributed by atoms with Gasteiger partial charge in [0.2, 0.25) is 0 Å². The highest BCUT2D eigenvalue weighted by Crippen LogP contribution is 1.81. The normalized spacial score (nSPS) is 9.22. The summed E-state index contributed by atoms with van der Waals surface area (Å²) in [6.07, 6.45) is -0.656. The Balaban J connectivity index is 3.27. The highest BCUT2D eigenvalue weighted by molar-refractivity contribution is 5.81. The van der Waals surface area contributed by atoms with Gasteiger partial charge in [-0.15, -0.1) is 0 Å². The van der Waals surface area contributed by atoms with Gasteiger partial charge in [0, 0.05) is 6.08 Å². The molecule has 0 saturated carbocycles. The molecular formula is C5H8O4. The molecule has 0 aromatic rings. The highest BCUT2D eigenvalue weighted by atomic mass is 16.6. The van der Waals surface area contributed by atoms with Crippen LogP contribution in [0.25, 0.3) is 0 Å². The lowest BCUT2D eigenvalue weighted by molar-refractivity contribution is -0.150. The molecule has 0 aliphatic carbocycles. The number of carbonyl (C=O) groups is 1. The summed E-state index contributed by atoms with van der Waals surface area (Å²) in [4.78, 5) is 10.2. The van der Waals surface area contributed by atoms with Crippen molar-refractivity contribution in [3.63, 3.8) is 0 Å². The minimum Gasteiger partial charge on any atom is -0.457 e. The third-order valence-electron chi connectivity index (χ3n) is 0.541. The molecule has 0 heterocycles. The molecule has 0 spiro atoms. The second-order valence-electron chi connectivity index (χ2n) is 1.31. The van der Waals surface area contributed by atoms with Gasteiger partial charge in [0.05, 0.1) is 0 Å². The third-order valence-corrected chi connectivity index (χ3v) is 0.541. The Labute approximate surface area is 52.4 Å². The standard InChI is InChI=1S/C5H8O4/c1-2-5(8)9-3-4(6)7/h2,4,6-7H,1,3H2. The molecule has 9 heavy (non-hydrogen) atoms. The molecule has 0 aromatic carbocycles. The second-order valence-corrected chi connectivity index (χ2v) is 1.31. The smallest absolute Gasteiger partial charge is 0.330 e. The summed E-state index contributed by atoms with van der Waals surface area (Å²) in [5, 5.41) is 16.3. The fourth-order valence-electron chi connectivity index (χ4n) is 0.216. The van der Waals surface area contributed by atoms with Gasteiger partial charge in [0.1, 0.15) is 6.61 Å². The zero-order valence-electron chi connectivity index (χ0n) is 4.78. The van der Waals surface area contributed by atoms with E-state index in [-0.39, 0.29) is 0 Å². The Morgan fingerprint density at radius 3 is 2.67 bits per heavy atom. The summed E-state index contributed by atoms with van der Waals surface area (Å²) in [5.74, 6) is -0.664. The van der Waals surface area contributed by atoms with Crippen LogP contribution in [0.4, 0.5) is 0 Å². The predicted octanol–water partition coefficient (Wildman–Crippen LogP) is -0.974. The molecule has 0 aliphatic heterocycles. The number of aliphatic hydroxyl groups excluding tert-OH is 1. The van der Waals surface area contributed by atoms with Crippen LogP contribution in [-0.2, 0) is 9.53 Å². The van der Waals surface area contributed by atoms with Gasteiger partial charge in [0.15, 0.2) is 6.29 Å². The lowest BCUT2D eigenvalue weighted by Gasteiger charge is -2.01. The van der Waals surface area contributed by atoms with Crippen LogP contribution < -0.4 is 0 Å². The number of esters is 1. The van der Waals surface area contributed by atoms with Crippen molar-refractivity contribution in [1.82, 2.24) is 0 Å². The molecule has 0 unspecified atom stereocenters. The average Bonchev–Trinajstić information content (AvgIpc) is 1.83. The van der Waals surface area contributed by atoms with Crippen molar-refractivity contribution >= 4 is 5.97 Å². The van der Waals surface area contributed by atoms with Crippen LogP contribution in [-0.4, -0.2) is 29.1 Å². The summed E-state index contributed by atoms with van der Waals surface area (Å²) in [5.41, 5.74) is 0. The van der Waals surface area contributed by atoms with E-state index < -0.39 is 18.9 Å². The Kier molecular flexibility index (Phi) is 3.66. The quantitative estimate of drug-likeness (QED) is 0.294. The monoisotopic (exact) mass is 132 g/mol. The SMILES string of the molecule is C=CC(=O)OCC(O)O. The first-order chi connectivity index (χ1) is 4.16. The lowest BCUT2D eigenvalue weighted by atomic mass is 10.6. The molecular weight excluding hydrogens is 124 g/mol. The molecule has 0 aliphatic rings. The molecule has 0 atom stereocenters. The second kappa shape index (κ2) is 4.05. The van der Waals surface area contributed by atoms with Crippen LogP contribution in [0.2, 0.25) is 0 Å². The molecule has 0 amide bonds. The highest BCUT2D eigenvalue weighted by Gasteiger charge is 1.99. The Bertz CT molecular complexity index is 108. The van der Waals surface area contributed by atoms with E-state index in [1.54, 1.807) is 0 Å². The van der Waals surface area contributed by atoms with E-state index in [9.17, 15) is 4.79 Å². The minimum atomic E-state index is -1.60. The van der Waals surface area contributed by atoms with Gasteiger partial charge in [-0.2, -0.15) is 0 Å². The number of carbonyl (C=O) groups excluding carboxylic acids is 1. The Morgan fingerprint density at radius 1 is 1.78 bits per heavy atom. The molecule has 0 radical (unpaired) electrons. The molecule has 0 bridgehead atoms. The molecule has 4 heteroatoms. The zero-order chi connectivity index (χ0) is 7.28. The van der Waals surface area contributed by atoms with Crippen molar-refractivity contribution in [1.29, 1.82) is 0 Å². The van der Waals surface area contributed by atoms with E-state index in [2.05, 4.69) is 11.3 Å². The predicted molar refractivity (Wildman–Crippen MR) is 29.4 cm³/mol. The van der Waals surface area contributed by atoms with Crippen LogP contribution in [0.3, 0.4) is 0 Å². The van der Waals surface area contributed by atoms with Gasteiger partial charge in [-0.05, 0) is 0 Å². The van der Waals surface area contributed by atoms with E-state index in [4.69, 9.17) is 10.2 Å². The number of ether oxygens (including phenoxy) is 1. The summed E-state index contributed by atoms with van der Waals surface area (Å²) >= 11 is 0. The minimum absolute atomic E-state index is 0.412. The van der Waals surface area contributed by atoms with Crippen LogP contribution in [0.5, 0.6) is 0 Å². The average molecular weight is 132 g/mol. The summed E-state index contributed by atoms with van der Waals surface area (Å²) < 4.78 is 4.20. The zero-order valence-corrected chi connectivity index (χ0v) is 4.78. The van der Waals surface area contributed by atoms with Crippen molar-refractivity contribution in [2.75, 3.05) is 6.61 Å². The largest absolute Gasteiger partial charge is 0.457 e.